The number of halogens is 2. The molecule has 1 atom stereocenters. The molecule has 1 saturated carbocycles. The second kappa shape index (κ2) is 6.54. The number of rotatable bonds is 4. The van der Waals surface area contributed by atoms with Gasteiger partial charge in [-0.05, 0) is 65.2 Å². The highest BCUT2D eigenvalue weighted by Crippen LogP contribution is 2.47. The molecule has 0 heterocycles. The van der Waals surface area contributed by atoms with Crippen molar-refractivity contribution in [1.29, 1.82) is 0 Å². The number of nitrogens with two attached hydrogens (primary N) is 1. The summed E-state index contributed by atoms with van der Waals surface area (Å²) in [6.45, 7) is 2.66. The van der Waals surface area contributed by atoms with Crippen molar-refractivity contribution in [2.24, 2.45) is 17.1 Å². The fourth-order valence-electron chi connectivity index (χ4n) is 3.29. The second-order valence-electron chi connectivity index (χ2n) is 5.99. The predicted molar refractivity (Wildman–Crippen MR) is 82.8 cm³/mol. The second-order valence-corrected chi connectivity index (χ2v) is 6.85. The fourth-order valence-corrected chi connectivity index (χ4v) is 3.53. The molecule has 112 valence electrons. The highest BCUT2D eigenvalue weighted by molar-refractivity contribution is 9.10. The molecule has 0 saturated heterocycles. The summed E-state index contributed by atoms with van der Waals surface area (Å²) in [7, 11) is 0. The van der Waals surface area contributed by atoms with Crippen LogP contribution in [0.4, 0.5) is 4.39 Å². The molecule has 3 N–H and O–H groups in total. The smallest absolute Gasteiger partial charge is 0.137 e. The number of aliphatic hydroxyl groups excluding tert-OH is 1. The standard InChI is InChI=1S/C16H23BrFNO/c1-2-11-5-7-16(10-19,8-6-11)15(20)12-3-4-13(17)14(18)9-12/h3-4,9,11,15,20H,2,5-8,10,19H2,1H3. The van der Waals surface area contributed by atoms with Gasteiger partial charge in [0.2, 0.25) is 0 Å². The summed E-state index contributed by atoms with van der Waals surface area (Å²) >= 11 is 3.14. The Morgan fingerprint density at radius 1 is 1.45 bits per heavy atom. The lowest BCUT2D eigenvalue weighted by Crippen LogP contribution is -2.40. The summed E-state index contributed by atoms with van der Waals surface area (Å²) in [4.78, 5) is 0. The molecule has 0 bridgehead atoms. The van der Waals surface area contributed by atoms with Crippen LogP contribution in [0.1, 0.15) is 50.7 Å². The first kappa shape index (κ1) is 15.9. The first-order chi connectivity index (χ1) is 9.52. The molecule has 0 aromatic heterocycles. The van der Waals surface area contributed by atoms with Crippen molar-refractivity contribution in [2.45, 2.75) is 45.1 Å². The Bertz CT molecular complexity index is 458. The average Bonchev–Trinajstić information content (AvgIpc) is 2.49. The number of hydrogen-bond acceptors (Lipinski definition) is 2. The van der Waals surface area contributed by atoms with Crippen LogP contribution in [0.5, 0.6) is 0 Å². The van der Waals surface area contributed by atoms with Gasteiger partial charge in [0.1, 0.15) is 5.82 Å². The van der Waals surface area contributed by atoms with Gasteiger partial charge in [0.25, 0.3) is 0 Å². The van der Waals surface area contributed by atoms with E-state index < -0.39 is 6.10 Å². The van der Waals surface area contributed by atoms with Gasteiger partial charge in [-0.3, -0.25) is 0 Å². The molecule has 2 rings (SSSR count). The number of hydrogen-bond donors (Lipinski definition) is 2. The first-order valence-corrected chi connectivity index (χ1v) is 8.15. The van der Waals surface area contributed by atoms with Crippen molar-refractivity contribution in [1.82, 2.24) is 0 Å². The molecule has 1 aromatic rings. The van der Waals surface area contributed by atoms with Crippen LogP contribution in [0.15, 0.2) is 22.7 Å². The minimum absolute atomic E-state index is 0.300. The van der Waals surface area contributed by atoms with E-state index in [1.165, 1.54) is 12.5 Å². The summed E-state index contributed by atoms with van der Waals surface area (Å²) in [5.74, 6) is 0.402. The maximum atomic E-state index is 13.7. The van der Waals surface area contributed by atoms with Gasteiger partial charge in [-0.2, -0.15) is 0 Å². The largest absolute Gasteiger partial charge is 0.388 e. The van der Waals surface area contributed by atoms with Crippen molar-refractivity contribution < 1.29 is 9.50 Å². The SMILES string of the molecule is CCC1CCC(CN)(C(O)c2ccc(Br)c(F)c2)CC1. The third-order valence-electron chi connectivity index (χ3n) is 4.92. The zero-order valence-electron chi connectivity index (χ0n) is 11.9. The van der Waals surface area contributed by atoms with Gasteiger partial charge in [-0.15, -0.1) is 0 Å². The van der Waals surface area contributed by atoms with Crippen molar-refractivity contribution in [2.75, 3.05) is 6.54 Å². The van der Waals surface area contributed by atoms with Crippen LogP contribution < -0.4 is 5.73 Å². The van der Waals surface area contributed by atoms with Crippen LogP contribution in [0.25, 0.3) is 0 Å². The van der Waals surface area contributed by atoms with Crippen molar-refractivity contribution in [3.63, 3.8) is 0 Å². The first-order valence-electron chi connectivity index (χ1n) is 7.35. The van der Waals surface area contributed by atoms with Gasteiger partial charge < -0.3 is 10.8 Å². The van der Waals surface area contributed by atoms with E-state index >= 15 is 0 Å². The molecular formula is C16H23BrFNO. The fraction of sp³-hybridized carbons (Fsp3) is 0.625. The van der Waals surface area contributed by atoms with E-state index in [2.05, 4.69) is 22.9 Å². The van der Waals surface area contributed by atoms with Gasteiger partial charge in [-0.1, -0.05) is 19.4 Å². The van der Waals surface area contributed by atoms with E-state index in [1.807, 2.05) is 0 Å². The molecule has 0 aliphatic heterocycles. The van der Waals surface area contributed by atoms with Gasteiger partial charge in [0.15, 0.2) is 0 Å². The maximum Gasteiger partial charge on any atom is 0.137 e. The van der Waals surface area contributed by atoms with Gasteiger partial charge in [0.05, 0.1) is 10.6 Å². The monoisotopic (exact) mass is 343 g/mol. The lowest BCUT2D eigenvalue weighted by Gasteiger charge is -2.43. The van der Waals surface area contributed by atoms with E-state index in [9.17, 15) is 9.50 Å². The summed E-state index contributed by atoms with van der Waals surface area (Å²) in [6, 6.07) is 4.84. The van der Waals surface area contributed by atoms with Crippen LogP contribution in [0.3, 0.4) is 0 Å². The molecule has 4 heteroatoms. The molecule has 1 aliphatic rings. The van der Waals surface area contributed by atoms with E-state index in [0.717, 1.165) is 31.6 Å². The average molecular weight is 344 g/mol. The van der Waals surface area contributed by atoms with Crippen LogP contribution in [-0.4, -0.2) is 11.7 Å². The zero-order chi connectivity index (χ0) is 14.8. The van der Waals surface area contributed by atoms with Crippen LogP contribution in [0.2, 0.25) is 0 Å². The molecule has 20 heavy (non-hydrogen) atoms. The van der Waals surface area contributed by atoms with E-state index in [-0.39, 0.29) is 11.2 Å². The molecule has 1 aromatic carbocycles. The van der Waals surface area contributed by atoms with Crippen molar-refractivity contribution in [3.8, 4) is 0 Å². The quantitative estimate of drug-likeness (QED) is 0.861. The van der Waals surface area contributed by atoms with Crippen molar-refractivity contribution >= 4 is 15.9 Å². The Hall–Kier alpha value is -0.450. The Kier molecular flexibility index (Phi) is 5.21. The topological polar surface area (TPSA) is 46.2 Å². The van der Waals surface area contributed by atoms with E-state index in [4.69, 9.17) is 5.73 Å². The van der Waals surface area contributed by atoms with Crippen molar-refractivity contribution in [3.05, 3.63) is 34.1 Å². The lowest BCUT2D eigenvalue weighted by molar-refractivity contribution is -0.0105. The van der Waals surface area contributed by atoms with E-state index in [0.29, 0.717) is 16.6 Å². The normalized spacial score (nSPS) is 28.4. The summed E-state index contributed by atoms with van der Waals surface area (Å²) in [5.41, 5.74) is 6.30. The van der Waals surface area contributed by atoms with Crippen LogP contribution in [0, 0.1) is 17.2 Å². The Balaban J connectivity index is 2.20. The van der Waals surface area contributed by atoms with E-state index in [1.54, 1.807) is 12.1 Å². The molecule has 1 aliphatic carbocycles. The molecule has 0 radical (unpaired) electrons. The number of aliphatic hydroxyl groups is 1. The Labute approximate surface area is 128 Å². The number of benzene rings is 1. The lowest BCUT2D eigenvalue weighted by atomic mass is 9.65. The molecule has 2 nitrogen and oxygen atoms in total. The van der Waals surface area contributed by atoms with Gasteiger partial charge in [-0.25, -0.2) is 4.39 Å². The molecule has 0 amide bonds. The molecule has 1 fully saturated rings. The zero-order valence-corrected chi connectivity index (χ0v) is 13.5. The Morgan fingerprint density at radius 2 is 2.10 bits per heavy atom. The minimum atomic E-state index is -0.687. The predicted octanol–water partition coefficient (Wildman–Crippen LogP) is 4.17. The highest BCUT2D eigenvalue weighted by Gasteiger charge is 2.40. The summed E-state index contributed by atoms with van der Waals surface area (Å²) < 4.78 is 14.1. The molecule has 1 unspecified atom stereocenters. The summed E-state index contributed by atoms with van der Waals surface area (Å²) in [6.07, 6.45) is 4.53. The molecule has 0 spiro atoms. The third kappa shape index (κ3) is 3.07. The highest BCUT2D eigenvalue weighted by atomic mass is 79.9. The van der Waals surface area contributed by atoms with Crippen LogP contribution >= 0.6 is 15.9 Å². The van der Waals surface area contributed by atoms with Gasteiger partial charge in [0, 0.05) is 12.0 Å². The third-order valence-corrected chi connectivity index (χ3v) is 5.57. The van der Waals surface area contributed by atoms with Crippen LogP contribution in [-0.2, 0) is 0 Å². The summed E-state index contributed by atoms with van der Waals surface area (Å²) in [5, 5.41) is 10.7. The maximum absolute atomic E-state index is 13.7. The Morgan fingerprint density at radius 3 is 2.60 bits per heavy atom. The van der Waals surface area contributed by atoms with Gasteiger partial charge >= 0.3 is 0 Å². The minimum Gasteiger partial charge on any atom is -0.388 e. The molecular weight excluding hydrogens is 321 g/mol.